The molecule has 0 radical (unpaired) electrons. The Bertz CT molecular complexity index is 922. The first-order chi connectivity index (χ1) is 13.1. The van der Waals surface area contributed by atoms with Crippen molar-refractivity contribution in [3.63, 3.8) is 0 Å². The number of aromatic nitrogens is 4. The fraction of sp³-hybridized carbons (Fsp3) is 0.222. The van der Waals surface area contributed by atoms with E-state index < -0.39 is 0 Å². The van der Waals surface area contributed by atoms with Crippen LogP contribution >= 0.6 is 11.8 Å². The van der Waals surface area contributed by atoms with Crippen LogP contribution in [-0.2, 0) is 4.79 Å². The number of carbonyl (C=O) groups is 1. The van der Waals surface area contributed by atoms with Gasteiger partial charge in [0.2, 0.25) is 11.1 Å². The second-order valence-electron chi connectivity index (χ2n) is 5.60. The fourth-order valence-electron chi connectivity index (χ4n) is 2.43. The molecule has 27 heavy (non-hydrogen) atoms. The van der Waals surface area contributed by atoms with Crippen LogP contribution in [0.25, 0.3) is 5.69 Å². The summed E-state index contributed by atoms with van der Waals surface area (Å²) < 4.78 is 12.0. The van der Waals surface area contributed by atoms with Crippen molar-refractivity contribution in [2.75, 3.05) is 25.3 Å². The van der Waals surface area contributed by atoms with Crippen LogP contribution in [0.5, 0.6) is 11.5 Å². The maximum Gasteiger partial charge on any atom is 0.234 e. The molecule has 140 valence electrons. The van der Waals surface area contributed by atoms with E-state index >= 15 is 0 Å². The number of amides is 1. The lowest BCUT2D eigenvalue weighted by Crippen LogP contribution is -2.15. The van der Waals surface area contributed by atoms with Gasteiger partial charge in [-0.3, -0.25) is 4.79 Å². The zero-order valence-electron chi connectivity index (χ0n) is 15.2. The Labute approximate surface area is 160 Å². The molecule has 0 aliphatic carbocycles. The third-order valence-electron chi connectivity index (χ3n) is 3.75. The largest absolute Gasteiger partial charge is 0.497 e. The molecular formula is C18H19N5O3S. The monoisotopic (exact) mass is 385 g/mol. The molecule has 1 amide bonds. The van der Waals surface area contributed by atoms with Gasteiger partial charge in [-0.15, -0.1) is 5.10 Å². The molecule has 9 heteroatoms. The molecule has 0 saturated carbocycles. The minimum atomic E-state index is -0.186. The lowest BCUT2D eigenvalue weighted by atomic mass is 10.2. The van der Waals surface area contributed by atoms with Gasteiger partial charge in [0.05, 0.1) is 25.7 Å². The molecule has 3 rings (SSSR count). The van der Waals surface area contributed by atoms with Crippen molar-refractivity contribution in [2.24, 2.45) is 0 Å². The predicted octanol–water partition coefficient (Wildman–Crippen LogP) is 2.72. The van der Waals surface area contributed by atoms with Crippen LogP contribution in [0, 0.1) is 6.92 Å². The molecule has 0 spiro atoms. The van der Waals surface area contributed by atoms with E-state index in [2.05, 4.69) is 20.8 Å². The van der Waals surface area contributed by atoms with E-state index in [-0.39, 0.29) is 11.7 Å². The zero-order valence-corrected chi connectivity index (χ0v) is 16.0. The topological polar surface area (TPSA) is 91.2 Å². The summed E-state index contributed by atoms with van der Waals surface area (Å²) >= 11 is 1.26. The van der Waals surface area contributed by atoms with Crippen molar-refractivity contribution in [1.82, 2.24) is 20.2 Å². The van der Waals surface area contributed by atoms with Crippen molar-refractivity contribution < 1.29 is 14.3 Å². The zero-order chi connectivity index (χ0) is 19.2. The normalized spacial score (nSPS) is 10.5. The Balaban J connectivity index is 1.67. The summed E-state index contributed by atoms with van der Waals surface area (Å²) in [7, 11) is 3.11. The summed E-state index contributed by atoms with van der Waals surface area (Å²) in [5.41, 5.74) is 2.51. The molecule has 0 unspecified atom stereocenters. The number of benzene rings is 2. The lowest BCUT2D eigenvalue weighted by molar-refractivity contribution is -0.113. The molecule has 2 aromatic carbocycles. The van der Waals surface area contributed by atoms with Crippen LogP contribution in [0.15, 0.2) is 47.6 Å². The molecule has 0 aliphatic heterocycles. The molecule has 1 heterocycles. The summed E-state index contributed by atoms with van der Waals surface area (Å²) in [6, 6.07) is 13.0. The Hall–Kier alpha value is -3.07. The first-order valence-corrected chi connectivity index (χ1v) is 9.09. The molecule has 8 nitrogen and oxygen atoms in total. The van der Waals surface area contributed by atoms with Crippen LogP contribution in [0.4, 0.5) is 5.69 Å². The van der Waals surface area contributed by atoms with Crippen LogP contribution < -0.4 is 14.8 Å². The van der Waals surface area contributed by atoms with Gasteiger partial charge >= 0.3 is 0 Å². The number of rotatable bonds is 7. The molecule has 0 bridgehead atoms. The minimum Gasteiger partial charge on any atom is -0.497 e. The molecule has 3 aromatic rings. The second kappa shape index (κ2) is 8.54. The maximum atomic E-state index is 12.3. The summed E-state index contributed by atoms with van der Waals surface area (Å²) in [5, 5.41) is 15.1. The molecule has 1 N–H and O–H groups in total. The molecule has 0 aliphatic rings. The molecule has 0 saturated heterocycles. The first-order valence-electron chi connectivity index (χ1n) is 8.11. The highest BCUT2D eigenvalue weighted by Gasteiger charge is 2.13. The fourth-order valence-corrected chi connectivity index (χ4v) is 3.11. The highest BCUT2D eigenvalue weighted by Crippen LogP contribution is 2.26. The summed E-state index contributed by atoms with van der Waals surface area (Å²) in [6.07, 6.45) is 0. The molecular weight excluding hydrogens is 366 g/mol. The van der Waals surface area contributed by atoms with Crippen LogP contribution in [-0.4, -0.2) is 46.1 Å². The standard InChI is InChI=1S/C18H19N5O3S/c1-12-6-4-5-7-16(12)23-18(20-21-22-23)27-11-17(24)19-13-8-14(25-2)10-15(9-13)26-3/h4-10H,11H2,1-3H3,(H,19,24). The Morgan fingerprint density at radius 2 is 1.85 bits per heavy atom. The van der Waals surface area contributed by atoms with Crippen molar-refractivity contribution in [2.45, 2.75) is 12.1 Å². The van der Waals surface area contributed by atoms with Gasteiger partial charge in [-0.1, -0.05) is 30.0 Å². The van der Waals surface area contributed by atoms with Crippen LogP contribution in [0.1, 0.15) is 5.56 Å². The maximum absolute atomic E-state index is 12.3. The number of aryl methyl sites for hydroxylation is 1. The van der Waals surface area contributed by atoms with E-state index in [1.54, 1.807) is 37.1 Å². The van der Waals surface area contributed by atoms with Gasteiger partial charge in [0.15, 0.2) is 0 Å². The quantitative estimate of drug-likeness (QED) is 0.625. The van der Waals surface area contributed by atoms with Crippen molar-refractivity contribution in [3.05, 3.63) is 48.0 Å². The number of hydrogen-bond acceptors (Lipinski definition) is 7. The molecule has 0 atom stereocenters. The number of hydrogen-bond donors (Lipinski definition) is 1. The second-order valence-corrected chi connectivity index (χ2v) is 6.54. The van der Waals surface area contributed by atoms with Crippen molar-refractivity contribution in [1.29, 1.82) is 0 Å². The van der Waals surface area contributed by atoms with Gasteiger partial charge < -0.3 is 14.8 Å². The number of para-hydroxylation sites is 1. The first kappa shape index (κ1) is 18.7. The van der Waals surface area contributed by atoms with Crippen LogP contribution in [0.2, 0.25) is 0 Å². The van der Waals surface area contributed by atoms with Crippen molar-refractivity contribution in [3.8, 4) is 17.2 Å². The number of carbonyl (C=O) groups excluding carboxylic acids is 1. The highest BCUT2D eigenvalue weighted by molar-refractivity contribution is 7.99. The van der Waals surface area contributed by atoms with E-state index in [4.69, 9.17) is 9.47 Å². The third-order valence-corrected chi connectivity index (χ3v) is 4.67. The number of thioether (sulfide) groups is 1. The van der Waals surface area contributed by atoms with Gasteiger partial charge in [-0.2, -0.15) is 4.68 Å². The van der Waals surface area contributed by atoms with Crippen LogP contribution in [0.3, 0.4) is 0 Å². The van der Waals surface area contributed by atoms with E-state index in [0.29, 0.717) is 22.3 Å². The summed E-state index contributed by atoms with van der Waals surface area (Å²) in [5.74, 6) is 1.17. The molecule has 0 fully saturated rings. The van der Waals surface area contributed by atoms with Gasteiger partial charge in [0, 0.05) is 23.9 Å². The Kier molecular flexibility index (Phi) is 5.92. The SMILES string of the molecule is COc1cc(NC(=O)CSc2nnnn2-c2ccccc2C)cc(OC)c1. The Morgan fingerprint density at radius 1 is 1.15 bits per heavy atom. The van der Waals surface area contributed by atoms with Gasteiger partial charge in [0.1, 0.15) is 11.5 Å². The van der Waals surface area contributed by atoms with Gasteiger partial charge in [-0.25, -0.2) is 0 Å². The average Bonchev–Trinajstić information content (AvgIpc) is 3.14. The summed E-state index contributed by atoms with van der Waals surface area (Å²) in [6.45, 7) is 1.98. The summed E-state index contributed by atoms with van der Waals surface area (Å²) in [4.78, 5) is 12.3. The number of methoxy groups -OCH3 is 2. The number of ether oxygens (including phenoxy) is 2. The van der Waals surface area contributed by atoms with E-state index in [1.807, 2.05) is 31.2 Å². The smallest absolute Gasteiger partial charge is 0.234 e. The molecule has 1 aromatic heterocycles. The lowest BCUT2D eigenvalue weighted by Gasteiger charge is -2.10. The van der Waals surface area contributed by atoms with E-state index in [0.717, 1.165) is 11.3 Å². The predicted molar refractivity (Wildman–Crippen MR) is 103 cm³/mol. The third kappa shape index (κ3) is 4.56. The number of nitrogens with one attached hydrogen (secondary N) is 1. The van der Waals surface area contributed by atoms with E-state index in [1.165, 1.54) is 11.8 Å². The van der Waals surface area contributed by atoms with Gasteiger partial charge in [0.25, 0.3) is 0 Å². The average molecular weight is 385 g/mol. The number of anilines is 1. The van der Waals surface area contributed by atoms with E-state index in [9.17, 15) is 4.79 Å². The van der Waals surface area contributed by atoms with Crippen molar-refractivity contribution >= 4 is 23.4 Å². The number of tetrazole rings is 1. The number of nitrogens with zero attached hydrogens (tertiary/aromatic N) is 4. The Morgan fingerprint density at radius 3 is 2.52 bits per heavy atom. The van der Waals surface area contributed by atoms with Gasteiger partial charge in [-0.05, 0) is 29.0 Å². The highest BCUT2D eigenvalue weighted by atomic mass is 32.2. The minimum absolute atomic E-state index is 0.159.